The summed E-state index contributed by atoms with van der Waals surface area (Å²) in [7, 11) is -2.85. The Morgan fingerprint density at radius 1 is 1.31 bits per heavy atom. The molecule has 3 heteroatoms. The summed E-state index contributed by atoms with van der Waals surface area (Å²) in [6, 6.07) is 0. The van der Waals surface area contributed by atoms with E-state index in [4.69, 9.17) is 0 Å². The van der Waals surface area contributed by atoms with Crippen molar-refractivity contribution in [1.29, 1.82) is 0 Å². The zero-order chi connectivity index (χ0) is 12.0. The van der Waals surface area contributed by atoms with E-state index in [2.05, 4.69) is 13.8 Å². The third-order valence-electron chi connectivity index (χ3n) is 3.65. The summed E-state index contributed by atoms with van der Waals surface area (Å²) in [4.78, 5) is 10.0. The Bertz CT molecular complexity index is 234. The van der Waals surface area contributed by atoms with Crippen molar-refractivity contribution in [3.05, 3.63) is 0 Å². The van der Waals surface area contributed by atoms with Crippen LogP contribution in [0.25, 0.3) is 0 Å². The van der Waals surface area contributed by atoms with E-state index < -0.39 is 7.37 Å². The van der Waals surface area contributed by atoms with Gasteiger partial charge in [-0.1, -0.05) is 46.0 Å². The Kier molecular flexibility index (Phi) is 6.07. The van der Waals surface area contributed by atoms with Crippen molar-refractivity contribution in [1.82, 2.24) is 0 Å². The second-order valence-corrected chi connectivity index (χ2v) is 8.03. The molecule has 0 radical (unpaired) electrons. The Hall–Kier alpha value is 0.190. The molecule has 1 saturated carbocycles. The van der Waals surface area contributed by atoms with Gasteiger partial charge in [0.25, 0.3) is 0 Å². The first-order valence-corrected chi connectivity index (χ1v) is 8.87. The van der Waals surface area contributed by atoms with Crippen molar-refractivity contribution in [2.75, 3.05) is 12.3 Å². The first-order chi connectivity index (χ1) is 7.53. The maximum Gasteiger partial charge on any atom is 0.201 e. The molecule has 1 fully saturated rings. The summed E-state index contributed by atoms with van der Waals surface area (Å²) < 4.78 is 12.1. The van der Waals surface area contributed by atoms with Crippen LogP contribution in [0.5, 0.6) is 0 Å². The summed E-state index contributed by atoms with van der Waals surface area (Å²) in [6.07, 6.45) is 9.50. The van der Waals surface area contributed by atoms with Crippen LogP contribution in [0.4, 0.5) is 0 Å². The largest absolute Gasteiger partial charge is 0.344 e. The average molecular weight is 246 g/mol. The summed E-state index contributed by atoms with van der Waals surface area (Å²) in [5, 5.41) is 0. The first-order valence-electron chi connectivity index (χ1n) is 6.84. The average Bonchev–Trinajstić information content (AvgIpc) is 2.17. The van der Waals surface area contributed by atoms with Crippen LogP contribution in [0.3, 0.4) is 0 Å². The van der Waals surface area contributed by atoms with Gasteiger partial charge in [-0.2, -0.15) is 0 Å². The Morgan fingerprint density at radius 3 is 2.50 bits per heavy atom. The van der Waals surface area contributed by atoms with Gasteiger partial charge in [0.2, 0.25) is 7.37 Å². The second-order valence-electron chi connectivity index (χ2n) is 5.61. The van der Waals surface area contributed by atoms with Gasteiger partial charge in [0.15, 0.2) is 0 Å². The van der Waals surface area contributed by atoms with Gasteiger partial charge in [0.1, 0.15) is 0 Å². The fourth-order valence-corrected chi connectivity index (χ4v) is 5.40. The van der Waals surface area contributed by atoms with Gasteiger partial charge in [0, 0.05) is 12.3 Å². The Balaban J connectivity index is 2.34. The molecule has 1 aliphatic carbocycles. The predicted octanol–water partition coefficient (Wildman–Crippen LogP) is 4.27. The van der Waals surface area contributed by atoms with Gasteiger partial charge in [-0.05, 0) is 24.7 Å². The maximum absolute atomic E-state index is 12.1. The normalized spacial score (nSPS) is 23.9. The topological polar surface area (TPSA) is 37.3 Å². The predicted molar refractivity (Wildman–Crippen MR) is 70.2 cm³/mol. The van der Waals surface area contributed by atoms with Gasteiger partial charge in [-0.3, -0.25) is 4.57 Å². The fraction of sp³-hybridized carbons (Fsp3) is 1.00. The molecule has 1 aliphatic rings. The van der Waals surface area contributed by atoms with Gasteiger partial charge in [-0.25, -0.2) is 0 Å². The zero-order valence-corrected chi connectivity index (χ0v) is 11.7. The lowest BCUT2D eigenvalue weighted by Gasteiger charge is -2.25. The Labute approximate surface area is 100 Å². The van der Waals surface area contributed by atoms with E-state index in [1.165, 1.54) is 32.1 Å². The molecule has 0 heterocycles. The third kappa shape index (κ3) is 5.50. The minimum absolute atomic E-state index is 0.407. The molecule has 0 amide bonds. The molecule has 2 atom stereocenters. The van der Waals surface area contributed by atoms with E-state index in [1.807, 2.05) is 0 Å². The van der Waals surface area contributed by atoms with E-state index in [0.717, 1.165) is 12.8 Å². The summed E-state index contributed by atoms with van der Waals surface area (Å²) in [6.45, 7) is 4.24. The molecular formula is C13H27O2P. The van der Waals surface area contributed by atoms with Crippen molar-refractivity contribution in [2.24, 2.45) is 11.8 Å². The minimum atomic E-state index is -2.85. The molecule has 2 nitrogen and oxygen atoms in total. The number of rotatable bonds is 6. The lowest BCUT2D eigenvalue weighted by atomic mass is 9.91. The van der Waals surface area contributed by atoms with Crippen LogP contribution >= 0.6 is 7.37 Å². The SMILES string of the molecule is CCCC(C)CP(=O)(O)CC1CCCCC1. The van der Waals surface area contributed by atoms with Gasteiger partial charge in [0.05, 0.1) is 0 Å². The molecule has 1 rings (SSSR count). The summed E-state index contributed by atoms with van der Waals surface area (Å²) in [5.41, 5.74) is 0. The summed E-state index contributed by atoms with van der Waals surface area (Å²) >= 11 is 0. The van der Waals surface area contributed by atoms with Crippen molar-refractivity contribution in [3.8, 4) is 0 Å². The van der Waals surface area contributed by atoms with Gasteiger partial charge >= 0.3 is 0 Å². The van der Waals surface area contributed by atoms with Crippen LogP contribution in [0.2, 0.25) is 0 Å². The first kappa shape index (κ1) is 14.3. The highest BCUT2D eigenvalue weighted by molar-refractivity contribution is 7.58. The van der Waals surface area contributed by atoms with Crippen LogP contribution in [0.15, 0.2) is 0 Å². The van der Waals surface area contributed by atoms with Crippen molar-refractivity contribution < 1.29 is 9.46 Å². The maximum atomic E-state index is 12.1. The van der Waals surface area contributed by atoms with Gasteiger partial charge < -0.3 is 4.89 Å². The van der Waals surface area contributed by atoms with Crippen molar-refractivity contribution in [3.63, 3.8) is 0 Å². The number of hydrogen-bond acceptors (Lipinski definition) is 1. The lowest BCUT2D eigenvalue weighted by molar-refractivity contribution is 0.369. The van der Waals surface area contributed by atoms with Crippen LogP contribution in [-0.2, 0) is 4.57 Å². The standard InChI is InChI=1S/C13H27O2P/c1-3-7-12(2)10-16(14,15)11-13-8-5-4-6-9-13/h12-13H,3-11H2,1-2H3,(H,14,15). The molecule has 0 aliphatic heterocycles. The molecule has 16 heavy (non-hydrogen) atoms. The molecular weight excluding hydrogens is 219 g/mol. The smallest absolute Gasteiger partial charge is 0.201 e. The zero-order valence-electron chi connectivity index (χ0n) is 10.8. The molecule has 1 N–H and O–H groups in total. The molecule has 0 aromatic carbocycles. The minimum Gasteiger partial charge on any atom is -0.344 e. The molecule has 0 saturated heterocycles. The van der Waals surface area contributed by atoms with Crippen molar-refractivity contribution >= 4 is 7.37 Å². The van der Waals surface area contributed by atoms with E-state index in [-0.39, 0.29) is 0 Å². The Morgan fingerprint density at radius 2 is 1.94 bits per heavy atom. The van der Waals surface area contributed by atoms with E-state index in [1.54, 1.807) is 0 Å². The fourth-order valence-electron chi connectivity index (χ4n) is 2.92. The third-order valence-corrected chi connectivity index (χ3v) is 5.93. The summed E-state index contributed by atoms with van der Waals surface area (Å²) in [5.74, 6) is 0.933. The number of hydrogen-bond donors (Lipinski definition) is 1. The van der Waals surface area contributed by atoms with Crippen LogP contribution < -0.4 is 0 Å². The highest BCUT2D eigenvalue weighted by Gasteiger charge is 2.26. The molecule has 0 bridgehead atoms. The van der Waals surface area contributed by atoms with E-state index in [0.29, 0.717) is 24.2 Å². The van der Waals surface area contributed by atoms with Crippen LogP contribution in [0.1, 0.15) is 58.8 Å². The van der Waals surface area contributed by atoms with Crippen LogP contribution in [-0.4, -0.2) is 17.2 Å². The van der Waals surface area contributed by atoms with Gasteiger partial charge in [-0.15, -0.1) is 0 Å². The quantitative estimate of drug-likeness (QED) is 0.710. The second kappa shape index (κ2) is 6.81. The highest BCUT2D eigenvalue weighted by Crippen LogP contribution is 2.47. The molecule has 0 spiro atoms. The van der Waals surface area contributed by atoms with E-state index >= 15 is 0 Å². The lowest BCUT2D eigenvalue weighted by Crippen LogP contribution is -2.14. The van der Waals surface area contributed by atoms with Crippen LogP contribution in [0, 0.1) is 11.8 Å². The molecule has 0 aromatic heterocycles. The highest BCUT2D eigenvalue weighted by atomic mass is 31.2. The molecule has 2 unspecified atom stereocenters. The van der Waals surface area contributed by atoms with E-state index in [9.17, 15) is 9.46 Å². The molecule has 0 aromatic rings. The molecule has 96 valence electrons. The van der Waals surface area contributed by atoms with Crippen molar-refractivity contribution in [2.45, 2.75) is 58.8 Å². The monoisotopic (exact) mass is 246 g/mol.